The maximum Gasteiger partial charge on any atom is 0.238 e. The number of ether oxygens (including phenoxy) is 1. The Labute approximate surface area is 179 Å². The first-order valence-corrected chi connectivity index (χ1v) is 10.2. The number of amides is 2. The number of aryl methyl sites for hydroxylation is 1. The van der Waals surface area contributed by atoms with E-state index in [1.165, 1.54) is 19.2 Å². The van der Waals surface area contributed by atoms with Crippen molar-refractivity contribution in [2.24, 2.45) is 0 Å². The van der Waals surface area contributed by atoms with Crippen molar-refractivity contribution in [2.45, 2.75) is 12.8 Å². The van der Waals surface area contributed by atoms with Crippen LogP contribution in [0.2, 0.25) is 0 Å². The summed E-state index contributed by atoms with van der Waals surface area (Å²) in [6, 6.07) is 7.99. The third-order valence-electron chi connectivity index (χ3n) is 5.58. The number of hydrogen-bond acceptors (Lipinski definition) is 5. The van der Waals surface area contributed by atoms with Crippen molar-refractivity contribution in [1.29, 1.82) is 0 Å². The number of carbonyl (C=O) groups excluding carboxylic acids is 2. The van der Waals surface area contributed by atoms with Crippen LogP contribution in [0.5, 0.6) is 5.75 Å². The van der Waals surface area contributed by atoms with Crippen molar-refractivity contribution in [3.8, 4) is 5.75 Å². The highest BCUT2D eigenvalue weighted by atomic mass is 19.1. The van der Waals surface area contributed by atoms with E-state index in [0.717, 1.165) is 11.3 Å². The molecule has 0 aromatic heterocycles. The second-order valence-corrected chi connectivity index (χ2v) is 7.67. The summed E-state index contributed by atoms with van der Waals surface area (Å²) < 4.78 is 32.7. The molecule has 9 heteroatoms. The van der Waals surface area contributed by atoms with Crippen LogP contribution in [0.4, 0.5) is 25.8 Å². The fourth-order valence-corrected chi connectivity index (χ4v) is 3.95. The summed E-state index contributed by atoms with van der Waals surface area (Å²) in [6.45, 7) is 2.53. The first-order chi connectivity index (χ1) is 14.9. The number of methoxy groups -OCH3 is 1. The molecule has 2 aromatic rings. The Balaban J connectivity index is 1.30. The van der Waals surface area contributed by atoms with Crippen molar-refractivity contribution in [3.63, 3.8) is 0 Å². The molecule has 7 nitrogen and oxygen atoms in total. The van der Waals surface area contributed by atoms with Gasteiger partial charge in [-0.15, -0.1) is 0 Å². The Hall–Kier alpha value is -3.20. The number of rotatable bonds is 5. The highest BCUT2D eigenvalue weighted by Crippen LogP contribution is 2.28. The number of hydrogen-bond donors (Lipinski definition) is 2. The minimum atomic E-state index is -0.732. The Kier molecular flexibility index (Phi) is 6.03. The molecule has 2 amide bonds. The molecule has 2 heterocycles. The average molecular weight is 430 g/mol. The van der Waals surface area contributed by atoms with E-state index in [1.54, 1.807) is 12.1 Å². The summed E-state index contributed by atoms with van der Waals surface area (Å²) in [5, 5.41) is 5.72. The Bertz CT molecular complexity index is 983. The van der Waals surface area contributed by atoms with Gasteiger partial charge in [0.2, 0.25) is 11.8 Å². The lowest BCUT2D eigenvalue weighted by atomic mass is 10.0. The zero-order valence-electron chi connectivity index (χ0n) is 17.2. The quantitative estimate of drug-likeness (QED) is 0.763. The van der Waals surface area contributed by atoms with E-state index in [0.29, 0.717) is 50.4 Å². The zero-order valence-corrected chi connectivity index (χ0v) is 17.2. The molecule has 2 N–H and O–H groups in total. The molecule has 31 heavy (non-hydrogen) atoms. The number of halogens is 2. The summed E-state index contributed by atoms with van der Waals surface area (Å²) >= 11 is 0. The van der Waals surface area contributed by atoms with Gasteiger partial charge in [-0.1, -0.05) is 0 Å². The molecule has 2 aromatic carbocycles. The number of carbonyl (C=O) groups is 2. The second-order valence-electron chi connectivity index (χ2n) is 7.67. The molecule has 0 spiro atoms. The number of nitrogens with one attached hydrogen (secondary N) is 2. The maximum absolute atomic E-state index is 14.0. The molecule has 4 rings (SSSR count). The number of piperazine rings is 1. The lowest BCUT2D eigenvalue weighted by Crippen LogP contribution is -2.48. The summed E-state index contributed by atoms with van der Waals surface area (Å²) in [5.74, 6) is -1.98. The first-order valence-electron chi connectivity index (χ1n) is 10.2. The first kappa shape index (κ1) is 21.0. The summed E-state index contributed by atoms with van der Waals surface area (Å²) in [5.41, 5.74) is 2.95. The van der Waals surface area contributed by atoms with Crippen molar-refractivity contribution < 1.29 is 23.1 Å². The van der Waals surface area contributed by atoms with Gasteiger partial charge in [-0.2, -0.15) is 0 Å². The van der Waals surface area contributed by atoms with E-state index in [1.807, 2.05) is 15.9 Å². The van der Waals surface area contributed by atoms with Crippen LogP contribution < -0.4 is 20.3 Å². The van der Waals surface area contributed by atoms with Gasteiger partial charge >= 0.3 is 0 Å². The molecular formula is C22H24F2N4O3. The summed E-state index contributed by atoms with van der Waals surface area (Å²) in [7, 11) is 1.23. The van der Waals surface area contributed by atoms with E-state index < -0.39 is 11.6 Å². The predicted octanol–water partition coefficient (Wildman–Crippen LogP) is 2.62. The topological polar surface area (TPSA) is 73.9 Å². The molecule has 2 aliphatic rings. The van der Waals surface area contributed by atoms with Gasteiger partial charge in [-0.05, 0) is 30.2 Å². The van der Waals surface area contributed by atoms with Crippen LogP contribution in [0.25, 0.3) is 0 Å². The van der Waals surface area contributed by atoms with Crippen LogP contribution in [-0.2, 0) is 16.0 Å². The van der Waals surface area contributed by atoms with Crippen molar-refractivity contribution in [1.82, 2.24) is 4.90 Å². The molecule has 0 atom stereocenters. The van der Waals surface area contributed by atoms with E-state index in [4.69, 9.17) is 4.74 Å². The van der Waals surface area contributed by atoms with Crippen molar-refractivity contribution >= 4 is 28.9 Å². The smallest absolute Gasteiger partial charge is 0.238 e. The molecule has 2 aliphatic heterocycles. The summed E-state index contributed by atoms with van der Waals surface area (Å²) in [6.07, 6.45) is 1.09. The van der Waals surface area contributed by atoms with E-state index in [9.17, 15) is 18.4 Å². The van der Waals surface area contributed by atoms with Crippen LogP contribution in [0.1, 0.15) is 12.0 Å². The number of benzene rings is 2. The highest BCUT2D eigenvalue weighted by molar-refractivity contribution is 5.96. The average Bonchev–Trinajstić information content (AvgIpc) is 2.74. The lowest BCUT2D eigenvalue weighted by Gasteiger charge is -2.35. The van der Waals surface area contributed by atoms with Crippen LogP contribution >= 0.6 is 0 Å². The molecule has 0 saturated carbocycles. The maximum atomic E-state index is 14.0. The monoisotopic (exact) mass is 430 g/mol. The third-order valence-corrected chi connectivity index (χ3v) is 5.58. The molecule has 0 radical (unpaired) electrons. The van der Waals surface area contributed by atoms with Crippen molar-refractivity contribution in [3.05, 3.63) is 47.5 Å². The van der Waals surface area contributed by atoms with Gasteiger partial charge in [0.1, 0.15) is 0 Å². The second kappa shape index (κ2) is 8.89. The zero-order chi connectivity index (χ0) is 22.0. The molecular weight excluding hydrogens is 406 g/mol. The van der Waals surface area contributed by atoms with Crippen LogP contribution in [0, 0.1) is 11.6 Å². The van der Waals surface area contributed by atoms with E-state index in [-0.39, 0.29) is 24.1 Å². The Morgan fingerprint density at radius 1 is 1.10 bits per heavy atom. The Morgan fingerprint density at radius 2 is 1.81 bits per heavy atom. The van der Waals surface area contributed by atoms with Crippen molar-refractivity contribution in [2.75, 3.05) is 55.4 Å². The molecule has 0 bridgehead atoms. The fourth-order valence-electron chi connectivity index (χ4n) is 3.95. The van der Waals surface area contributed by atoms with E-state index in [2.05, 4.69) is 10.6 Å². The predicted molar refractivity (Wildman–Crippen MR) is 114 cm³/mol. The molecule has 164 valence electrons. The van der Waals surface area contributed by atoms with Crippen LogP contribution in [-0.4, -0.2) is 56.5 Å². The van der Waals surface area contributed by atoms with Gasteiger partial charge in [0.05, 0.1) is 13.7 Å². The highest BCUT2D eigenvalue weighted by Gasteiger charge is 2.22. The van der Waals surface area contributed by atoms with Crippen LogP contribution in [0.3, 0.4) is 0 Å². The van der Waals surface area contributed by atoms with Gasteiger partial charge < -0.3 is 20.3 Å². The minimum absolute atomic E-state index is 0.00328. The number of anilines is 3. The standard InChI is InChI=1S/C22H24F2N4O3/c1-31-22-17(23)11-16(12-18(22)24)28-8-6-27(7-9-28)13-21(30)25-15-3-4-19-14(10-15)2-5-20(29)26-19/h3-4,10-12H,2,5-9,13H2,1H3,(H,25,30)(H,26,29). The summed E-state index contributed by atoms with van der Waals surface area (Å²) in [4.78, 5) is 27.8. The van der Waals surface area contributed by atoms with Gasteiger partial charge in [-0.25, -0.2) is 8.78 Å². The number of fused-ring (bicyclic) bond motifs is 1. The molecule has 1 saturated heterocycles. The molecule has 0 unspecified atom stereocenters. The largest absolute Gasteiger partial charge is 0.491 e. The molecule has 1 fully saturated rings. The fraction of sp³-hybridized carbons (Fsp3) is 0.364. The van der Waals surface area contributed by atoms with Gasteiger partial charge in [0, 0.05) is 61.8 Å². The third kappa shape index (κ3) is 4.77. The molecule has 0 aliphatic carbocycles. The Morgan fingerprint density at radius 3 is 2.48 bits per heavy atom. The van der Waals surface area contributed by atoms with Gasteiger partial charge in [0.25, 0.3) is 0 Å². The SMILES string of the molecule is COc1c(F)cc(N2CCN(CC(=O)Nc3ccc4c(c3)CCC(=O)N4)CC2)cc1F. The van der Waals surface area contributed by atoms with Gasteiger partial charge in [0.15, 0.2) is 17.4 Å². The number of nitrogens with zero attached hydrogens (tertiary/aromatic N) is 2. The normalized spacial score (nSPS) is 16.5. The lowest BCUT2D eigenvalue weighted by molar-refractivity contribution is -0.117. The van der Waals surface area contributed by atoms with Crippen LogP contribution in [0.15, 0.2) is 30.3 Å². The van der Waals surface area contributed by atoms with E-state index >= 15 is 0 Å². The van der Waals surface area contributed by atoms with Gasteiger partial charge in [-0.3, -0.25) is 14.5 Å². The minimum Gasteiger partial charge on any atom is -0.491 e.